The molecule has 1 fully saturated rings. The van der Waals surface area contributed by atoms with E-state index in [-0.39, 0.29) is 24.2 Å². The number of aryl methyl sites for hydroxylation is 1. The van der Waals surface area contributed by atoms with Crippen molar-refractivity contribution in [1.82, 2.24) is 10.6 Å². The summed E-state index contributed by atoms with van der Waals surface area (Å²) >= 11 is 1.74. The fourth-order valence-electron chi connectivity index (χ4n) is 1.37. The zero-order valence-electron chi connectivity index (χ0n) is 8.58. The van der Waals surface area contributed by atoms with E-state index in [0.29, 0.717) is 6.54 Å². The van der Waals surface area contributed by atoms with Gasteiger partial charge in [-0.1, -0.05) is 0 Å². The number of nitrogens with one attached hydrogen (secondary N) is 2. The van der Waals surface area contributed by atoms with Crippen LogP contribution in [-0.2, 0) is 11.3 Å². The minimum atomic E-state index is 0. The second kappa shape index (κ2) is 5.49. The highest BCUT2D eigenvalue weighted by molar-refractivity contribution is 7.11. The Kier molecular flexibility index (Phi) is 4.57. The molecule has 0 atom stereocenters. The van der Waals surface area contributed by atoms with E-state index in [2.05, 4.69) is 29.7 Å². The zero-order valence-corrected chi connectivity index (χ0v) is 10.2. The predicted octanol–water partition coefficient (Wildman–Crippen LogP) is 1.31. The molecule has 0 saturated carbocycles. The smallest absolute Gasteiger partial charge is 0.225 e. The first-order valence-electron chi connectivity index (χ1n) is 4.79. The molecule has 5 heteroatoms. The monoisotopic (exact) mass is 246 g/mol. The van der Waals surface area contributed by atoms with Crippen molar-refractivity contribution in [1.29, 1.82) is 0 Å². The van der Waals surface area contributed by atoms with Crippen molar-refractivity contribution in [3.05, 3.63) is 21.9 Å². The Bertz CT molecular complexity index is 336. The molecule has 0 radical (unpaired) electrons. The summed E-state index contributed by atoms with van der Waals surface area (Å²) in [6, 6.07) is 4.15. The molecule has 1 saturated heterocycles. The molecule has 1 amide bonds. The third-order valence-electron chi connectivity index (χ3n) is 2.39. The number of carbonyl (C=O) groups is 1. The molecule has 1 aliphatic rings. The molecule has 15 heavy (non-hydrogen) atoms. The molecule has 2 rings (SSSR count). The Balaban J connectivity index is 0.00000112. The molecular formula is C10H15ClN2OS. The fourth-order valence-corrected chi connectivity index (χ4v) is 2.20. The molecule has 2 N–H and O–H groups in total. The first-order chi connectivity index (χ1) is 6.75. The van der Waals surface area contributed by atoms with Crippen molar-refractivity contribution in [2.75, 3.05) is 13.1 Å². The molecule has 84 valence electrons. The molecule has 0 spiro atoms. The van der Waals surface area contributed by atoms with E-state index >= 15 is 0 Å². The third kappa shape index (κ3) is 3.19. The van der Waals surface area contributed by atoms with Gasteiger partial charge >= 0.3 is 0 Å². The van der Waals surface area contributed by atoms with Gasteiger partial charge in [0.15, 0.2) is 0 Å². The summed E-state index contributed by atoms with van der Waals surface area (Å²) in [6.45, 7) is 4.41. The van der Waals surface area contributed by atoms with E-state index in [9.17, 15) is 4.79 Å². The second-order valence-corrected chi connectivity index (χ2v) is 4.96. The number of rotatable bonds is 3. The summed E-state index contributed by atoms with van der Waals surface area (Å²) < 4.78 is 0. The maximum absolute atomic E-state index is 11.5. The van der Waals surface area contributed by atoms with Gasteiger partial charge in [-0.05, 0) is 19.1 Å². The van der Waals surface area contributed by atoms with Gasteiger partial charge in [-0.2, -0.15) is 0 Å². The van der Waals surface area contributed by atoms with Crippen LogP contribution in [0.4, 0.5) is 0 Å². The van der Waals surface area contributed by atoms with Crippen LogP contribution in [-0.4, -0.2) is 19.0 Å². The highest BCUT2D eigenvalue weighted by Gasteiger charge is 2.24. The van der Waals surface area contributed by atoms with Gasteiger partial charge in [-0.3, -0.25) is 4.79 Å². The van der Waals surface area contributed by atoms with Gasteiger partial charge in [0.1, 0.15) is 0 Å². The molecule has 0 aliphatic carbocycles. The summed E-state index contributed by atoms with van der Waals surface area (Å²) in [4.78, 5) is 14.0. The topological polar surface area (TPSA) is 41.1 Å². The van der Waals surface area contributed by atoms with Crippen LogP contribution < -0.4 is 10.6 Å². The number of hydrogen-bond acceptors (Lipinski definition) is 3. The van der Waals surface area contributed by atoms with E-state index in [0.717, 1.165) is 13.1 Å². The van der Waals surface area contributed by atoms with Crippen molar-refractivity contribution < 1.29 is 4.79 Å². The highest BCUT2D eigenvalue weighted by Crippen LogP contribution is 2.14. The van der Waals surface area contributed by atoms with Gasteiger partial charge in [-0.25, -0.2) is 0 Å². The lowest BCUT2D eigenvalue weighted by atomic mass is 10.0. The van der Waals surface area contributed by atoms with Crippen LogP contribution in [0.1, 0.15) is 9.75 Å². The predicted molar refractivity (Wildman–Crippen MR) is 64.5 cm³/mol. The average Bonchev–Trinajstić information content (AvgIpc) is 2.45. The maximum atomic E-state index is 11.5. The largest absolute Gasteiger partial charge is 0.351 e. The van der Waals surface area contributed by atoms with E-state index in [1.165, 1.54) is 9.75 Å². The number of thiophene rings is 1. The Labute approximate surface area is 99.7 Å². The summed E-state index contributed by atoms with van der Waals surface area (Å²) in [6.07, 6.45) is 0. The van der Waals surface area contributed by atoms with Crippen molar-refractivity contribution >= 4 is 29.7 Å². The normalized spacial score (nSPS) is 15.3. The summed E-state index contributed by atoms with van der Waals surface area (Å²) in [7, 11) is 0. The van der Waals surface area contributed by atoms with Crippen molar-refractivity contribution in [2.24, 2.45) is 5.92 Å². The van der Waals surface area contributed by atoms with E-state index in [4.69, 9.17) is 0 Å². The van der Waals surface area contributed by atoms with Gasteiger partial charge in [0.05, 0.1) is 12.5 Å². The summed E-state index contributed by atoms with van der Waals surface area (Å²) in [5.74, 6) is 0.367. The van der Waals surface area contributed by atoms with Crippen molar-refractivity contribution in [3.8, 4) is 0 Å². The molecule has 3 nitrogen and oxygen atoms in total. The third-order valence-corrected chi connectivity index (χ3v) is 3.39. The Morgan fingerprint density at radius 3 is 2.80 bits per heavy atom. The molecule has 1 aromatic heterocycles. The molecule has 0 unspecified atom stereocenters. The van der Waals surface area contributed by atoms with E-state index < -0.39 is 0 Å². The molecule has 1 aromatic rings. The van der Waals surface area contributed by atoms with Crippen LogP contribution in [0.5, 0.6) is 0 Å². The Morgan fingerprint density at radius 2 is 2.33 bits per heavy atom. The minimum absolute atomic E-state index is 0. The quantitative estimate of drug-likeness (QED) is 0.845. The van der Waals surface area contributed by atoms with Crippen LogP contribution in [0.15, 0.2) is 12.1 Å². The SMILES string of the molecule is Cc1ccc(CNC(=O)C2CNC2)s1.Cl. The van der Waals surface area contributed by atoms with E-state index in [1.54, 1.807) is 11.3 Å². The average molecular weight is 247 g/mol. The molecule has 0 aromatic carbocycles. The van der Waals surface area contributed by atoms with Crippen LogP contribution in [0.2, 0.25) is 0 Å². The lowest BCUT2D eigenvalue weighted by molar-refractivity contribution is -0.126. The van der Waals surface area contributed by atoms with Gasteiger partial charge in [0.2, 0.25) is 5.91 Å². The van der Waals surface area contributed by atoms with Gasteiger partial charge in [0, 0.05) is 22.8 Å². The van der Waals surface area contributed by atoms with Crippen molar-refractivity contribution in [3.63, 3.8) is 0 Å². The van der Waals surface area contributed by atoms with Crippen LogP contribution in [0.25, 0.3) is 0 Å². The second-order valence-electron chi connectivity index (χ2n) is 3.59. The van der Waals surface area contributed by atoms with Gasteiger partial charge < -0.3 is 10.6 Å². The number of amides is 1. The lowest BCUT2D eigenvalue weighted by Crippen LogP contribution is -2.50. The highest BCUT2D eigenvalue weighted by atomic mass is 35.5. The maximum Gasteiger partial charge on any atom is 0.225 e. The standard InChI is InChI=1S/C10H14N2OS.ClH/c1-7-2-3-9(14-7)6-12-10(13)8-4-11-5-8;/h2-3,8,11H,4-6H2,1H3,(H,12,13);1H. The first kappa shape index (κ1) is 12.5. The van der Waals surface area contributed by atoms with E-state index in [1.807, 2.05) is 0 Å². The molecule has 0 bridgehead atoms. The first-order valence-corrected chi connectivity index (χ1v) is 5.61. The summed E-state index contributed by atoms with van der Waals surface area (Å²) in [5, 5.41) is 6.03. The fraction of sp³-hybridized carbons (Fsp3) is 0.500. The molecule has 2 heterocycles. The van der Waals surface area contributed by atoms with Crippen LogP contribution in [0.3, 0.4) is 0 Å². The van der Waals surface area contributed by atoms with Crippen LogP contribution >= 0.6 is 23.7 Å². The van der Waals surface area contributed by atoms with Gasteiger partial charge in [0.25, 0.3) is 0 Å². The number of halogens is 1. The molecule has 1 aliphatic heterocycles. The Morgan fingerprint density at radius 1 is 1.60 bits per heavy atom. The Hall–Kier alpha value is -0.580. The van der Waals surface area contributed by atoms with Crippen LogP contribution in [0, 0.1) is 12.8 Å². The summed E-state index contributed by atoms with van der Waals surface area (Å²) in [5.41, 5.74) is 0. The van der Waals surface area contributed by atoms with Gasteiger partial charge in [-0.15, -0.1) is 23.7 Å². The number of hydrogen-bond donors (Lipinski definition) is 2. The minimum Gasteiger partial charge on any atom is -0.351 e. The van der Waals surface area contributed by atoms with Crippen molar-refractivity contribution in [2.45, 2.75) is 13.5 Å². The zero-order chi connectivity index (χ0) is 9.97. The lowest BCUT2D eigenvalue weighted by Gasteiger charge is -2.25. The molecular weight excluding hydrogens is 232 g/mol. The number of carbonyl (C=O) groups excluding carboxylic acids is 1.